The van der Waals surface area contributed by atoms with Crippen LogP contribution in [0.2, 0.25) is 0 Å². The lowest BCUT2D eigenvalue weighted by atomic mass is 10.00. The summed E-state index contributed by atoms with van der Waals surface area (Å²) in [4.78, 5) is 30.9. The molecule has 0 radical (unpaired) electrons. The molecule has 1 amide bonds. The second-order valence-corrected chi connectivity index (χ2v) is 8.07. The summed E-state index contributed by atoms with van der Waals surface area (Å²) in [7, 11) is 0. The highest BCUT2D eigenvalue weighted by molar-refractivity contribution is 5.95. The third-order valence-corrected chi connectivity index (χ3v) is 5.43. The predicted molar refractivity (Wildman–Crippen MR) is 113 cm³/mol. The summed E-state index contributed by atoms with van der Waals surface area (Å²) in [6, 6.07) is 11.5. The van der Waals surface area contributed by atoms with E-state index in [-0.39, 0.29) is 23.4 Å². The molecule has 3 aromatic rings. The highest BCUT2D eigenvalue weighted by atomic mass is 16.2. The number of aryl methyl sites for hydroxylation is 1. The molecule has 2 aromatic heterocycles. The van der Waals surface area contributed by atoms with Gasteiger partial charge in [0.2, 0.25) is 5.91 Å². The number of aromatic amines is 1. The fourth-order valence-electron chi connectivity index (χ4n) is 3.91. The number of carbonyl (C=O) groups is 1. The molecule has 0 bridgehead atoms. The zero-order valence-electron chi connectivity index (χ0n) is 17.1. The molecule has 0 saturated carbocycles. The van der Waals surface area contributed by atoms with Crippen LogP contribution in [0, 0.1) is 12.8 Å². The Morgan fingerprint density at radius 1 is 1.17 bits per heavy atom. The van der Waals surface area contributed by atoms with Gasteiger partial charge in [-0.2, -0.15) is 0 Å². The molecule has 7 heteroatoms. The lowest BCUT2D eigenvalue weighted by Crippen LogP contribution is -2.28. The van der Waals surface area contributed by atoms with Gasteiger partial charge in [-0.25, -0.2) is 9.50 Å². The number of anilines is 1. The van der Waals surface area contributed by atoms with Crippen LogP contribution in [0.15, 0.2) is 41.2 Å². The van der Waals surface area contributed by atoms with Crippen LogP contribution in [0.1, 0.15) is 49.7 Å². The SMILES string of the molecule is Cc1cc2nc([C@@H](NCc3ccc(N4CCCC4=O)cc3)C(C)C)cc(=O)n2[nH]1. The van der Waals surface area contributed by atoms with Gasteiger partial charge in [0.1, 0.15) is 0 Å². The van der Waals surface area contributed by atoms with Crippen molar-refractivity contribution in [1.29, 1.82) is 0 Å². The first-order valence-electron chi connectivity index (χ1n) is 10.1. The molecule has 0 aliphatic carbocycles. The maximum atomic E-state index is 12.4. The molecule has 7 nitrogen and oxygen atoms in total. The van der Waals surface area contributed by atoms with Crippen LogP contribution in [0.4, 0.5) is 5.69 Å². The minimum Gasteiger partial charge on any atom is -0.312 e. The Morgan fingerprint density at radius 3 is 2.59 bits per heavy atom. The first-order valence-corrected chi connectivity index (χ1v) is 10.1. The Kier molecular flexibility index (Phi) is 5.24. The van der Waals surface area contributed by atoms with Crippen molar-refractivity contribution >= 4 is 17.2 Å². The Morgan fingerprint density at radius 2 is 1.93 bits per heavy atom. The highest BCUT2D eigenvalue weighted by Crippen LogP contribution is 2.23. The van der Waals surface area contributed by atoms with Gasteiger partial charge in [0.05, 0.1) is 11.7 Å². The minimum atomic E-state index is -0.106. The molecule has 1 atom stereocenters. The van der Waals surface area contributed by atoms with E-state index in [2.05, 4.69) is 24.3 Å². The van der Waals surface area contributed by atoms with E-state index in [1.165, 1.54) is 4.52 Å². The van der Waals surface area contributed by atoms with Crippen LogP contribution in [0.25, 0.3) is 5.65 Å². The van der Waals surface area contributed by atoms with Crippen molar-refractivity contribution in [2.75, 3.05) is 11.4 Å². The first-order chi connectivity index (χ1) is 13.9. The molecule has 2 N–H and O–H groups in total. The van der Waals surface area contributed by atoms with Crippen LogP contribution in [-0.4, -0.2) is 27.0 Å². The minimum absolute atomic E-state index is 0.0391. The van der Waals surface area contributed by atoms with Crippen molar-refractivity contribution in [2.45, 2.75) is 46.2 Å². The number of aromatic nitrogens is 3. The number of carbonyl (C=O) groups excluding carboxylic acids is 1. The standard InChI is InChI=1S/C22H27N5O2/c1-14(2)22(18-12-21(29)27-19(24-18)11-15(3)25-27)23-13-16-6-8-17(9-7-16)26-10-4-5-20(26)28/h6-9,11-12,14,22-23,25H,4-5,10,13H2,1-3H3/t22-/m0/s1. The molecule has 4 rings (SSSR count). The smallest absolute Gasteiger partial charge is 0.272 e. The number of benzene rings is 1. The summed E-state index contributed by atoms with van der Waals surface area (Å²) < 4.78 is 1.47. The van der Waals surface area contributed by atoms with Gasteiger partial charge < -0.3 is 10.2 Å². The van der Waals surface area contributed by atoms with Crippen LogP contribution >= 0.6 is 0 Å². The number of hydrogen-bond donors (Lipinski definition) is 2. The van der Waals surface area contributed by atoms with Gasteiger partial charge in [0, 0.05) is 43.0 Å². The van der Waals surface area contributed by atoms with E-state index < -0.39 is 0 Å². The van der Waals surface area contributed by atoms with Crippen LogP contribution in [0.5, 0.6) is 0 Å². The van der Waals surface area contributed by atoms with E-state index >= 15 is 0 Å². The second kappa shape index (κ2) is 7.83. The highest BCUT2D eigenvalue weighted by Gasteiger charge is 2.22. The molecule has 152 valence electrons. The monoisotopic (exact) mass is 393 g/mol. The molecule has 0 spiro atoms. The fraction of sp³-hybridized carbons (Fsp3) is 0.409. The largest absolute Gasteiger partial charge is 0.312 e. The summed E-state index contributed by atoms with van der Waals surface area (Å²) in [5, 5.41) is 6.55. The number of H-pyrrole nitrogens is 1. The van der Waals surface area contributed by atoms with E-state index in [1.54, 1.807) is 6.07 Å². The van der Waals surface area contributed by atoms with E-state index in [1.807, 2.05) is 42.2 Å². The number of nitrogens with zero attached hydrogens (tertiary/aromatic N) is 3. The fourth-order valence-corrected chi connectivity index (χ4v) is 3.91. The quantitative estimate of drug-likeness (QED) is 0.675. The molecule has 1 saturated heterocycles. The Labute approximate surface area is 169 Å². The average Bonchev–Trinajstić information content (AvgIpc) is 3.27. The summed E-state index contributed by atoms with van der Waals surface area (Å²) >= 11 is 0. The molecule has 1 aliphatic heterocycles. The number of hydrogen-bond acceptors (Lipinski definition) is 4. The maximum Gasteiger partial charge on any atom is 0.272 e. The second-order valence-electron chi connectivity index (χ2n) is 8.07. The Hall–Kier alpha value is -2.93. The molecule has 1 aromatic carbocycles. The molecule has 0 unspecified atom stereocenters. The zero-order chi connectivity index (χ0) is 20.5. The average molecular weight is 393 g/mol. The van der Waals surface area contributed by atoms with Crippen molar-refractivity contribution in [3.63, 3.8) is 0 Å². The summed E-state index contributed by atoms with van der Waals surface area (Å²) in [5.41, 5.74) is 4.27. The van der Waals surface area contributed by atoms with E-state index in [0.717, 1.165) is 35.6 Å². The number of rotatable bonds is 6. The van der Waals surface area contributed by atoms with Gasteiger partial charge in [0.25, 0.3) is 5.56 Å². The van der Waals surface area contributed by atoms with Gasteiger partial charge >= 0.3 is 0 Å². The molecule has 1 aliphatic rings. The topological polar surface area (TPSA) is 82.5 Å². The summed E-state index contributed by atoms with van der Waals surface area (Å²) in [6.07, 6.45) is 1.56. The lowest BCUT2D eigenvalue weighted by molar-refractivity contribution is -0.117. The van der Waals surface area contributed by atoms with Gasteiger partial charge in [-0.1, -0.05) is 26.0 Å². The maximum absolute atomic E-state index is 12.4. The lowest BCUT2D eigenvalue weighted by Gasteiger charge is -2.22. The predicted octanol–water partition coefficient (Wildman–Crippen LogP) is 2.94. The molecule has 29 heavy (non-hydrogen) atoms. The normalized spacial score (nSPS) is 15.6. The third-order valence-electron chi connectivity index (χ3n) is 5.43. The Balaban J connectivity index is 1.50. The Bertz CT molecular complexity index is 1080. The van der Waals surface area contributed by atoms with E-state index in [9.17, 15) is 9.59 Å². The van der Waals surface area contributed by atoms with E-state index in [0.29, 0.717) is 18.6 Å². The van der Waals surface area contributed by atoms with Crippen molar-refractivity contribution in [2.24, 2.45) is 5.92 Å². The van der Waals surface area contributed by atoms with Crippen LogP contribution in [-0.2, 0) is 11.3 Å². The molecular weight excluding hydrogens is 366 g/mol. The van der Waals surface area contributed by atoms with Crippen molar-refractivity contribution in [3.05, 3.63) is 63.7 Å². The molecule has 1 fully saturated rings. The number of nitrogens with one attached hydrogen (secondary N) is 2. The number of amides is 1. The number of fused-ring (bicyclic) bond motifs is 1. The third kappa shape index (κ3) is 3.96. The molecule has 3 heterocycles. The zero-order valence-corrected chi connectivity index (χ0v) is 17.1. The van der Waals surface area contributed by atoms with E-state index in [4.69, 9.17) is 4.98 Å². The van der Waals surface area contributed by atoms with Crippen LogP contribution in [0.3, 0.4) is 0 Å². The first kappa shape index (κ1) is 19.4. The van der Waals surface area contributed by atoms with Crippen molar-refractivity contribution < 1.29 is 4.79 Å². The van der Waals surface area contributed by atoms with Gasteiger partial charge in [0.15, 0.2) is 5.65 Å². The van der Waals surface area contributed by atoms with Crippen molar-refractivity contribution in [3.8, 4) is 0 Å². The summed E-state index contributed by atoms with van der Waals surface area (Å²) in [5.74, 6) is 0.467. The molecular formula is C22H27N5O2. The van der Waals surface area contributed by atoms with Crippen LogP contribution < -0.4 is 15.8 Å². The van der Waals surface area contributed by atoms with Gasteiger partial charge in [-0.05, 0) is 37.0 Å². The summed E-state index contributed by atoms with van der Waals surface area (Å²) in [6.45, 7) is 7.60. The van der Waals surface area contributed by atoms with Gasteiger partial charge in [-0.3, -0.25) is 14.7 Å². The van der Waals surface area contributed by atoms with Crippen molar-refractivity contribution in [1.82, 2.24) is 19.9 Å². The van der Waals surface area contributed by atoms with Gasteiger partial charge in [-0.15, -0.1) is 0 Å².